The summed E-state index contributed by atoms with van der Waals surface area (Å²) in [7, 11) is 0. The lowest BCUT2D eigenvalue weighted by molar-refractivity contribution is 0.799. The molecule has 0 radical (unpaired) electrons. The number of allylic oxidation sites excluding steroid dienone is 1. The van der Waals surface area contributed by atoms with Gasteiger partial charge in [0.1, 0.15) is 29.1 Å². The number of aromatic amines is 5. The summed E-state index contributed by atoms with van der Waals surface area (Å²) < 4.78 is 0. The van der Waals surface area contributed by atoms with Gasteiger partial charge in [-0.25, -0.2) is 24.9 Å². The normalized spacial score (nSPS) is 13.6. The summed E-state index contributed by atoms with van der Waals surface area (Å²) in [5.74, 6) is 4.27. The van der Waals surface area contributed by atoms with Gasteiger partial charge in [0.25, 0.3) is 0 Å². The summed E-state index contributed by atoms with van der Waals surface area (Å²) >= 11 is 0. The minimum Gasteiger partial charge on any atom is -0.337 e. The van der Waals surface area contributed by atoms with Crippen LogP contribution in [-0.2, 0) is 77.0 Å². The van der Waals surface area contributed by atoms with E-state index in [1.165, 1.54) is 83.5 Å². The Kier molecular flexibility index (Phi) is 22.5. The molecule has 11 heteroatoms. The Bertz CT molecular complexity index is 7770. The zero-order valence-corrected chi connectivity index (χ0v) is 77.9. The molecule has 0 amide bonds. The molecule has 1 aliphatic heterocycles. The second-order valence-corrected chi connectivity index (χ2v) is 37.9. The van der Waals surface area contributed by atoms with E-state index in [9.17, 15) is 0 Å². The van der Waals surface area contributed by atoms with Gasteiger partial charge in [-0.3, -0.25) is 4.99 Å². The van der Waals surface area contributed by atoms with Crippen molar-refractivity contribution in [2.45, 2.75) is 96.3 Å². The first kappa shape index (κ1) is 84.7. The van der Waals surface area contributed by atoms with Crippen LogP contribution in [0.5, 0.6) is 0 Å². The Morgan fingerprint density at radius 3 is 0.679 bits per heavy atom. The zero-order valence-electron chi connectivity index (χ0n) is 77.9. The van der Waals surface area contributed by atoms with E-state index >= 15 is 0 Å². The summed E-state index contributed by atoms with van der Waals surface area (Å²) in [4.78, 5) is 54.8. The number of hydrogen-bond donors (Lipinski definition) is 5. The molecule has 0 spiro atoms. The van der Waals surface area contributed by atoms with Crippen molar-refractivity contribution in [3.05, 3.63) is 484 Å². The van der Waals surface area contributed by atoms with Crippen molar-refractivity contribution in [3.63, 3.8) is 0 Å². The van der Waals surface area contributed by atoms with Gasteiger partial charge in [-0.15, -0.1) is 0 Å². The molecule has 34 rings (SSSR count). The van der Waals surface area contributed by atoms with Crippen LogP contribution in [0.25, 0.3) is 181 Å². The van der Waals surface area contributed by atoms with Gasteiger partial charge >= 0.3 is 0 Å². The fraction of sp³-hybridized carbons (Fsp3) is 0.116. The van der Waals surface area contributed by atoms with Crippen molar-refractivity contribution in [1.82, 2.24) is 49.8 Å². The molecule has 0 unspecified atom stereocenters. The van der Waals surface area contributed by atoms with Crippen LogP contribution in [0.3, 0.4) is 0 Å². The highest BCUT2D eigenvalue weighted by Crippen LogP contribution is 2.48. The van der Waals surface area contributed by atoms with Gasteiger partial charge in [0.2, 0.25) is 0 Å². The highest BCUT2D eigenvalue weighted by Gasteiger charge is 2.31. The van der Waals surface area contributed by atoms with Crippen LogP contribution in [0.4, 0.5) is 0 Å². The zero-order chi connectivity index (χ0) is 92.8. The summed E-state index contributed by atoms with van der Waals surface area (Å²) in [6.07, 6.45) is 12.5. The summed E-state index contributed by atoms with van der Waals surface area (Å²) in [5, 5.41) is 0. The van der Waals surface area contributed by atoms with Crippen LogP contribution in [0.15, 0.2) is 405 Å². The van der Waals surface area contributed by atoms with Crippen molar-refractivity contribution in [2.24, 2.45) is 4.99 Å². The maximum atomic E-state index is 6.18. The number of aliphatic imine (C=N–C) groups is 1. The van der Waals surface area contributed by atoms with Gasteiger partial charge in [0.15, 0.2) is 0 Å². The maximum absolute atomic E-state index is 6.18. The van der Waals surface area contributed by atoms with Crippen LogP contribution < -0.4 is 0 Å². The highest BCUT2D eigenvalue weighted by molar-refractivity contribution is 6.18. The van der Waals surface area contributed by atoms with E-state index in [1.807, 2.05) is 0 Å². The highest BCUT2D eigenvalue weighted by atomic mass is 15.0. The molecule has 140 heavy (non-hydrogen) atoms. The Hall–Kier alpha value is -17.0. The van der Waals surface area contributed by atoms with Crippen molar-refractivity contribution in [3.8, 4) is 170 Å². The van der Waals surface area contributed by atoms with E-state index in [-0.39, 0.29) is 0 Å². The Balaban J connectivity index is 0.631. The fourth-order valence-electron chi connectivity index (χ4n) is 21.6. The van der Waals surface area contributed by atoms with E-state index in [0.717, 1.165) is 276 Å². The molecule has 16 aromatic carbocycles. The first-order chi connectivity index (χ1) is 69.3. The molecule has 0 fully saturated rings. The lowest BCUT2D eigenvalue weighted by Crippen LogP contribution is -2.07. The van der Waals surface area contributed by atoms with Crippen LogP contribution in [0.2, 0.25) is 0 Å². The summed E-state index contributed by atoms with van der Waals surface area (Å²) in [6.45, 7) is 0. The predicted octanol–water partition coefficient (Wildman–Crippen LogP) is 30.5. The number of nitrogens with zero attached hydrogens (tertiary/aromatic N) is 6. The number of nitrogens with one attached hydrogen (secondary N) is 5. The second-order valence-electron chi connectivity index (χ2n) is 37.9. The van der Waals surface area contributed by atoms with Gasteiger partial charge in [-0.2, -0.15) is 0 Å². The second kappa shape index (κ2) is 37.2. The van der Waals surface area contributed by atoms with E-state index in [4.69, 9.17) is 29.9 Å². The van der Waals surface area contributed by atoms with Crippen LogP contribution in [-0.4, -0.2) is 55.6 Å². The quantitative estimate of drug-likeness (QED) is 0.0578. The Morgan fingerprint density at radius 1 is 0.171 bits per heavy atom. The fourth-order valence-corrected chi connectivity index (χ4v) is 21.6. The van der Waals surface area contributed by atoms with Crippen LogP contribution in [0.1, 0.15) is 103 Å². The monoisotopic (exact) mass is 1800 g/mol. The van der Waals surface area contributed by atoms with Gasteiger partial charge in [-0.05, 0) is 228 Å². The Morgan fingerprint density at radius 2 is 0.393 bits per heavy atom. The number of imidazole rings is 5. The molecule has 12 bridgehead atoms. The smallest absolute Gasteiger partial charge is 0.138 e. The predicted molar refractivity (Wildman–Crippen MR) is 573 cm³/mol. The van der Waals surface area contributed by atoms with Crippen molar-refractivity contribution in [2.75, 3.05) is 0 Å². The third kappa shape index (κ3) is 16.9. The first-order valence-electron chi connectivity index (χ1n) is 49.5. The van der Waals surface area contributed by atoms with Crippen molar-refractivity contribution in [1.29, 1.82) is 0 Å². The largest absolute Gasteiger partial charge is 0.337 e. The number of aryl methyl sites for hydroxylation is 12. The average molecular weight is 1810 g/mol. The molecule has 0 atom stereocenters. The molecular formula is C129H101N11. The van der Waals surface area contributed by atoms with Gasteiger partial charge in [0, 0.05) is 95.4 Å². The molecule has 6 heterocycles. The van der Waals surface area contributed by atoms with Crippen molar-refractivity contribution < 1.29 is 0 Å². The van der Waals surface area contributed by atoms with Gasteiger partial charge < -0.3 is 24.9 Å². The standard InChI is InChI=1S/C129H101N11/c1-10-32-88(33-11-1)107-81-113(106-72-82-30-28-31-83-57-63-90(51-29-50-89(106)62-56-82)108(73-83)125-131-115(95-34-12-2-13-35-95)116(132-125)96-36-14-3-15-37-96)130-114(107)103-78-104(123-121(101-46-24-8-25-47-101)137-128(139-123)111-76-86-54-52-84-58-64-91(68-70-93(111)66-60-86)109(74-84)126-133-117(97-38-16-4-17-39-97)118(134-126)98-40-18-5-19-41-98)80-105(79-103)124-122(102-48-26-9-27-49-102)138-129(140-124)112-77-87-55-53-85-59-65-92(69-71-94(112)67-61-87)110(75-85)127-135-119(99-42-20-6-21-43-99)120(136-127)100-44-22-7-23-45-100/h1-27,32-49,56-67,72-80H,28-31,50-55,68-71,81H2,(H,131,132)(H,133,134)(H,135,136)(H,137,139)(H,138,140). The van der Waals surface area contributed by atoms with Gasteiger partial charge in [0.05, 0.1) is 68.3 Å². The molecule has 11 nitrogen and oxygen atoms in total. The molecule has 0 saturated heterocycles. The third-order valence-corrected chi connectivity index (χ3v) is 28.9. The van der Waals surface area contributed by atoms with E-state index in [1.54, 1.807) is 0 Å². The number of aromatic nitrogens is 10. The maximum Gasteiger partial charge on any atom is 0.138 e. The van der Waals surface area contributed by atoms with Crippen LogP contribution in [0, 0.1) is 0 Å². The van der Waals surface area contributed by atoms with E-state index < -0.39 is 0 Å². The number of hydrogen-bond acceptors (Lipinski definition) is 6. The molecule has 12 aliphatic carbocycles. The third-order valence-electron chi connectivity index (χ3n) is 28.9. The lowest BCUT2D eigenvalue weighted by atomic mass is 9.89. The number of H-pyrrole nitrogens is 5. The SMILES string of the molecule is c1ccc(C2=C(c3cc(-c4nc(-c5cc6ccc5CCc5ccc(cc5-c5nc(-c7ccccc7)c(-c7ccccc7)[nH]5)CC6)[nH]c4-c4ccccc4)cc(-c4nc(-c5cc6ccc5CCc5ccc(cc5-c5nc(-c7ccccc7)c(-c7ccccc7)[nH]5)CC6)[nH]c4-c4ccccc4)c3)N=C(c3cc4ccc3CCCc3ccc(cc3-c3nc(-c5ccccc5)c(-c5ccccc5)[nH]3)CCC4)C2)cc1. The first-order valence-corrected chi connectivity index (χ1v) is 49.5. The molecule has 0 saturated carbocycles. The molecule has 21 aromatic rings. The van der Waals surface area contributed by atoms with Crippen molar-refractivity contribution >= 4 is 17.0 Å². The van der Waals surface area contributed by atoms with Crippen LogP contribution >= 0.6 is 0 Å². The molecule has 5 N–H and O–H groups in total. The molecular weight excluding hydrogens is 1700 g/mol. The topological polar surface area (TPSA) is 156 Å². The summed E-state index contributed by atoms with van der Waals surface area (Å²) in [6, 6.07) is 146. The minimum atomic E-state index is 0.626. The number of benzene rings is 16. The molecule has 13 aliphatic rings. The van der Waals surface area contributed by atoms with E-state index in [0.29, 0.717) is 6.42 Å². The molecule has 5 aromatic heterocycles. The summed E-state index contributed by atoms with van der Waals surface area (Å²) in [5.41, 5.74) is 47.0. The molecule has 672 valence electrons. The number of rotatable bonds is 18. The van der Waals surface area contributed by atoms with E-state index in [2.05, 4.69) is 425 Å². The van der Waals surface area contributed by atoms with Gasteiger partial charge in [-0.1, -0.05) is 346 Å². The Labute approximate surface area is 815 Å². The average Bonchev–Trinajstić information content (AvgIpc) is 1.61. The minimum absolute atomic E-state index is 0.626. The lowest BCUT2D eigenvalue weighted by Gasteiger charge is -2.16.